The smallest absolute Gasteiger partial charge is 0.407 e. The molecule has 2 amide bonds. The molecule has 0 radical (unpaired) electrons. The molecule has 0 aliphatic heterocycles. The van der Waals surface area contributed by atoms with E-state index >= 15 is 0 Å². The number of fused-ring (bicyclic) bond motifs is 3. The molecular weight excluding hydrogens is 444 g/mol. The third-order valence-corrected chi connectivity index (χ3v) is 7.92. The minimum absolute atomic E-state index is 0.00301. The first kappa shape index (κ1) is 23.4. The molecule has 3 N–H and O–H groups in total. The molecule has 2 aromatic carbocycles. The number of carbonyl (C=O) groups excluding carboxylic acids is 2. The van der Waals surface area contributed by atoms with Gasteiger partial charge in [0.1, 0.15) is 6.61 Å². The first-order valence-electron chi connectivity index (χ1n) is 12.7. The van der Waals surface area contributed by atoms with E-state index in [4.69, 9.17) is 9.84 Å². The van der Waals surface area contributed by atoms with Gasteiger partial charge in [0.05, 0.1) is 11.8 Å². The van der Waals surface area contributed by atoms with E-state index in [9.17, 15) is 14.4 Å². The van der Waals surface area contributed by atoms with E-state index in [1.54, 1.807) is 0 Å². The van der Waals surface area contributed by atoms with E-state index in [1.165, 1.54) is 11.1 Å². The number of alkyl carbamates (subject to hydrolysis) is 1. The van der Waals surface area contributed by atoms with Crippen molar-refractivity contribution in [1.29, 1.82) is 0 Å². The number of amides is 2. The molecule has 0 aromatic heterocycles. The average Bonchev–Trinajstić information content (AvgIpc) is 3.45. The lowest BCUT2D eigenvalue weighted by atomic mass is 9.86. The average molecular weight is 477 g/mol. The lowest BCUT2D eigenvalue weighted by molar-refractivity contribution is -0.142. The minimum atomic E-state index is -0.752. The highest BCUT2D eigenvalue weighted by Crippen LogP contribution is 2.44. The predicted molar refractivity (Wildman–Crippen MR) is 131 cm³/mol. The SMILES string of the molecule is O=C(N[C@H]1CCC[C@H]1C(=O)NC1CCC(C(=O)O)CC1)OCC1c2ccccc2-c2ccccc21. The van der Waals surface area contributed by atoms with Gasteiger partial charge in [-0.15, -0.1) is 0 Å². The molecule has 0 spiro atoms. The normalized spacial score (nSPS) is 25.4. The van der Waals surface area contributed by atoms with Gasteiger partial charge in [0, 0.05) is 18.0 Å². The van der Waals surface area contributed by atoms with Crippen LogP contribution in [0.25, 0.3) is 11.1 Å². The fourth-order valence-corrected chi connectivity index (χ4v) is 6.03. The number of rotatable bonds is 6. The Morgan fingerprint density at radius 3 is 2.09 bits per heavy atom. The van der Waals surface area contributed by atoms with Gasteiger partial charge in [-0.2, -0.15) is 0 Å². The standard InChI is InChI=1S/C28H32N2O5/c31-26(29-18-14-12-17(13-15-18)27(32)33)23-10-5-11-25(23)30-28(34)35-16-24-21-8-3-1-6-19(21)20-7-2-4-9-22(20)24/h1-4,6-9,17-18,23-25H,5,10-16H2,(H,29,31)(H,30,34)(H,32,33)/t17?,18?,23-,25+/m1/s1. The maximum atomic E-state index is 12.9. The quantitative estimate of drug-likeness (QED) is 0.571. The minimum Gasteiger partial charge on any atom is -0.481 e. The molecule has 0 saturated heterocycles. The Morgan fingerprint density at radius 1 is 0.829 bits per heavy atom. The monoisotopic (exact) mass is 476 g/mol. The van der Waals surface area contributed by atoms with Crippen LogP contribution in [0.3, 0.4) is 0 Å². The predicted octanol–water partition coefficient (Wildman–Crippen LogP) is 4.45. The van der Waals surface area contributed by atoms with Gasteiger partial charge >= 0.3 is 12.1 Å². The van der Waals surface area contributed by atoms with Crippen molar-refractivity contribution >= 4 is 18.0 Å². The van der Waals surface area contributed by atoms with Gasteiger partial charge < -0.3 is 20.5 Å². The summed E-state index contributed by atoms with van der Waals surface area (Å²) in [6.45, 7) is 0.246. The Balaban J connectivity index is 1.15. The van der Waals surface area contributed by atoms with Crippen molar-refractivity contribution in [1.82, 2.24) is 10.6 Å². The molecule has 3 aliphatic rings. The van der Waals surface area contributed by atoms with Gasteiger partial charge in [0.2, 0.25) is 5.91 Å². The lowest BCUT2D eigenvalue weighted by Gasteiger charge is -2.29. The second-order valence-corrected chi connectivity index (χ2v) is 10.0. The van der Waals surface area contributed by atoms with Crippen molar-refractivity contribution in [2.24, 2.45) is 11.8 Å². The van der Waals surface area contributed by atoms with Gasteiger partial charge in [-0.25, -0.2) is 4.79 Å². The largest absolute Gasteiger partial charge is 0.481 e. The summed E-state index contributed by atoms with van der Waals surface area (Å²) >= 11 is 0. The zero-order chi connectivity index (χ0) is 24.4. The third kappa shape index (κ3) is 4.90. The highest BCUT2D eigenvalue weighted by molar-refractivity contribution is 5.81. The highest BCUT2D eigenvalue weighted by atomic mass is 16.5. The molecule has 2 aromatic rings. The summed E-state index contributed by atoms with van der Waals surface area (Å²) in [6.07, 6.45) is 4.40. The number of carboxylic acid groups (broad SMARTS) is 1. The van der Waals surface area contributed by atoms with Gasteiger partial charge in [-0.05, 0) is 60.8 Å². The second-order valence-electron chi connectivity index (χ2n) is 10.0. The lowest BCUT2D eigenvalue weighted by Crippen LogP contribution is -2.47. The highest BCUT2D eigenvalue weighted by Gasteiger charge is 2.36. The molecule has 3 aliphatic carbocycles. The van der Waals surface area contributed by atoms with Gasteiger partial charge in [-0.1, -0.05) is 55.0 Å². The van der Waals surface area contributed by atoms with Crippen LogP contribution < -0.4 is 10.6 Å². The number of carboxylic acids is 1. The van der Waals surface area contributed by atoms with Crippen molar-refractivity contribution in [2.45, 2.75) is 62.9 Å². The number of carbonyl (C=O) groups is 3. The first-order chi connectivity index (χ1) is 17.0. The summed E-state index contributed by atoms with van der Waals surface area (Å²) < 4.78 is 5.68. The van der Waals surface area contributed by atoms with E-state index in [2.05, 4.69) is 34.9 Å². The maximum absolute atomic E-state index is 12.9. The van der Waals surface area contributed by atoms with Gasteiger partial charge in [0.15, 0.2) is 0 Å². The summed E-state index contributed by atoms with van der Waals surface area (Å²) in [4.78, 5) is 36.8. The Bertz CT molecular complexity index is 1060. The summed E-state index contributed by atoms with van der Waals surface area (Å²) in [6, 6.07) is 16.2. The number of nitrogens with one attached hydrogen (secondary N) is 2. The summed E-state index contributed by atoms with van der Waals surface area (Å²) in [7, 11) is 0. The molecule has 2 saturated carbocycles. The van der Waals surface area contributed by atoms with Gasteiger partial charge in [0.25, 0.3) is 0 Å². The summed E-state index contributed by atoms with van der Waals surface area (Å²) in [5.74, 6) is -1.40. The molecular formula is C28H32N2O5. The number of hydrogen-bond acceptors (Lipinski definition) is 4. The van der Waals surface area contributed by atoms with Gasteiger partial charge in [-0.3, -0.25) is 9.59 Å². The molecule has 0 heterocycles. The van der Waals surface area contributed by atoms with Crippen molar-refractivity contribution < 1.29 is 24.2 Å². The molecule has 2 fully saturated rings. The molecule has 7 heteroatoms. The van der Waals surface area contributed by atoms with Crippen LogP contribution in [-0.2, 0) is 14.3 Å². The van der Waals surface area contributed by atoms with Crippen LogP contribution in [0, 0.1) is 11.8 Å². The summed E-state index contributed by atoms with van der Waals surface area (Å²) in [5, 5.41) is 15.2. The van der Waals surface area contributed by atoms with Crippen molar-refractivity contribution in [3.63, 3.8) is 0 Å². The van der Waals surface area contributed by atoms with Crippen molar-refractivity contribution in [2.75, 3.05) is 6.61 Å². The molecule has 5 rings (SSSR count). The number of ether oxygens (including phenoxy) is 1. The Labute approximate surface area is 205 Å². The van der Waals surface area contributed by atoms with Crippen LogP contribution in [0.4, 0.5) is 4.79 Å². The van der Waals surface area contributed by atoms with E-state index in [1.807, 2.05) is 24.3 Å². The van der Waals surface area contributed by atoms with Crippen molar-refractivity contribution in [3.05, 3.63) is 59.7 Å². The Hall–Kier alpha value is -3.35. The maximum Gasteiger partial charge on any atom is 0.407 e. The first-order valence-corrected chi connectivity index (χ1v) is 12.7. The van der Waals surface area contributed by atoms with Crippen LogP contribution >= 0.6 is 0 Å². The Kier molecular flexibility index (Phi) is 6.75. The van der Waals surface area contributed by atoms with Crippen molar-refractivity contribution in [3.8, 4) is 11.1 Å². The van der Waals surface area contributed by atoms with E-state index in [-0.39, 0.29) is 42.4 Å². The third-order valence-electron chi connectivity index (χ3n) is 7.92. The number of hydrogen-bond donors (Lipinski definition) is 3. The fraction of sp³-hybridized carbons (Fsp3) is 0.464. The Morgan fingerprint density at radius 2 is 1.46 bits per heavy atom. The van der Waals surface area contributed by atoms with Crippen LogP contribution in [0.5, 0.6) is 0 Å². The topological polar surface area (TPSA) is 105 Å². The van der Waals surface area contributed by atoms with Crippen LogP contribution in [0.1, 0.15) is 62.0 Å². The molecule has 35 heavy (non-hydrogen) atoms. The van der Waals surface area contributed by atoms with E-state index in [0.717, 1.165) is 30.4 Å². The molecule has 7 nitrogen and oxygen atoms in total. The van der Waals surface area contributed by atoms with Crippen LogP contribution in [0.2, 0.25) is 0 Å². The molecule has 184 valence electrons. The van der Waals surface area contributed by atoms with Crippen LogP contribution in [0.15, 0.2) is 48.5 Å². The number of benzene rings is 2. The molecule has 0 unspecified atom stereocenters. The molecule has 2 atom stereocenters. The van der Waals surface area contributed by atoms with E-state index in [0.29, 0.717) is 25.7 Å². The van der Waals surface area contributed by atoms with Crippen LogP contribution in [-0.4, -0.2) is 41.8 Å². The number of aliphatic carboxylic acids is 1. The summed E-state index contributed by atoms with van der Waals surface area (Å²) in [5.41, 5.74) is 4.69. The van der Waals surface area contributed by atoms with E-state index < -0.39 is 12.1 Å². The zero-order valence-electron chi connectivity index (χ0n) is 19.7. The second kappa shape index (κ2) is 10.1. The molecule has 0 bridgehead atoms. The zero-order valence-corrected chi connectivity index (χ0v) is 19.7. The fourth-order valence-electron chi connectivity index (χ4n) is 6.03.